The average Bonchev–Trinajstić information content (AvgIpc) is 3.41. The second-order valence-corrected chi connectivity index (χ2v) is 8.70. The van der Waals surface area contributed by atoms with Gasteiger partial charge in [-0.25, -0.2) is 19.3 Å². The third kappa shape index (κ3) is 4.35. The van der Waals surface area contributed by atoms with Crippen molar-refractivity contribution in [3.8, 4) is 22.6 Å². The Bertz CT molecular complexity index is 1480. The van der Waals surface area contributed by atoms with Gasteiger partial charge in [0.25, 0.3) is 0 Å². The fourth-order valence-electron chi connectivity index (χ4n) is 3.34. The van der Waals surface area contributed by atoms with E-state index in [0.717, 1.165) is 16.8 Å². The Morgan fingerprint density at radius 3 is 2.56 bits per heavy atom. The zero-order valence-corrected chi connectivity index (χ0v) is 19.9. The number of aryl methyl sites for hydroxylation is 1. The molecule has 0 spiro atoms. The van der Waals surface area contributed by atoms with Gasteiger partial charge in [0.1, 0.15) is 5.56 Å². The Morgan fingerprint density at radius 1 is 1.09 bits per heavy atom. The summed E-state index contributed by atoms with van der Waals surface area (Å²) >= 11 is 7.48. The first-order valence-corrected chi connectivity index (χ1v) is 11.8. The molecule has 5 aromatic rings. The highest BCUT2D eigenvalue weighted by Gasteiger charge is 2.19. The molecule has 1 N–H and O–H groups in total. The normalized spacial score (nSPS) is 11.0. The standard InChI is InChI=1S/C24H19ClN6O2S/c1-3-33-22(32)18-12-26-20(16-8-10-17(25)11-9-16)27-21(18)28-23-29-24-31(30-23)19(13-34-24)15-6-4-14(2)5-7-15/h4-13H,3H2,1-2H3,(H,26,27,28,30). The molecule has 0 saturated heterocycles. The number of fused-ring (bicyclic) bond motifs is 1. The molecule has 8 nitrogen and oxygen atoms in total. The van der Waals surface area contributed by atoms with Crippen LogP contribution < -0.4 is 5.32 Å². The number of hydrogen-bond acceptors (Lipinski definition) is 8. The molecule has 170 valence electrons. The molecule has 0 aliphatic heterocycles. The Morgan fingerprint density at radius 2 is 1.82 bits per heavy atom. The minimum absolute atomic E-state index is 0.191. The molecule has 2 aromatic carbocycles. The fraction of sp³-hybridized carbons (Fsp3) is 0.125. The topological polar surface area (TPSA) is 94.3 Å². The van der Waals surface area contributed by atoms with Crippen molar-refractivity contribution in [2.45, 2.75) is 13.8 Å². The monoisotopic (exact) mass is 490 g/mol. The van der Waals surface area contributed by atoms with E-state index in [1.165, 1.54) is 23.1 Å². The van der Waals surface area contributed by atoms with Gasteiger partial charge < -0.3 is 10.1 Å². The number of benzene rings is 2. The van der Waals surface area contributed by atoms with Gasteiger partial charge in [0.15, 0.2) is 11.6 Å². The van der Waals surface area contributed by atoms with Gasteiger partial charge >= 0.3 is 5.97 Å². The van der Waals surface area contributed by atoms with E-state index in [2.05, 4.69) is 37.5 Å². The summed E-state index contributed by atoms with van der Waals surface area (Å²) in [6, 6.07) is 15.3. The average molecular weight is 491 g/mol. The molecule has 0 aliphatic rings. The Hall–Kier alpha value is -3.82. The number of anilines is 2. The smallest absolute Gasteiger partial charge is 0.343 e. The maximum Gasteiger partial charge on any atom is 0.343 e. The molecule has 0 unspecified atom stereocenters. The number of carbonyl (C=O) groups is 1. The molecule has 0 bridgehead atoms. The summed E-state index contributed by atoms with van der Waals surface area (Å²) in [5, 5.41) is 10.3. The van der Waals surface area contributed by atoms with Gasteiger partial charge in [-0.15, -0.1) is 16.4 Å². The number of nitrogens with zero attached hydrogens (tertiary/aromatic N) is 5. The lowest BCUT2D eigenvalue weighted by Gasteiger charge is -2.10. The number of carbonyl (C=O) groups excluding carboxylic acids is 1. The van der Waals surface area contributed by atoms with E-state index in [4.69, 9.17) is 16.3 Å². The molecule has 10 heteroatoms. The van der Waals surface area contributed by atoms with E-state index in [9.17, 15) is 4.79 Å². The number of ether oxygens (including phenoxy) is 1. The SMILES string of the molecule is CCOC(=O)c1cnc(-c2ccc(Cl)cc2)nc1Nc1nc2scc(-c3ccc(C)cc3)n2n1. The fourth-order valence-corrected chi connectivity index (χ4v) is 4.29. The minimum atomic E-state index is -0.533. The number of rotatable bonds is 6. The molecule has 0 saturated carbocycles. The van der Waals surface area contributed by atoms with Crippen molar-refractivity contribution in [1.82, 2.24) is 24.6 Å². The maximum atomic E-state index is 12.5. The zero-order chi connectivity index (χ0) is 23.7. The van der Waals surface area contributed by atoms with Crippen LogP contribution in [0.25, 0.3) is 27.6 Å². The lowest BCUT2D eigenvalue weighted by molar-refractivity contribution is 0.0526. The molecular weight excluding hydrogens is 472 g/mol. The van der Waals surface area contributed by atoms with E-state index >= 15 is 0 Å². The van der Waals surface area contributed by atoms with Crippen molar-refractivity contribution in [3.05, 3.63) is 76.3 Å². The second kappa shape index (κ2) is 9.20. The molecule has 0 amide bonds. The third-order valence-corrected chi connectivity index (χ3v) is 6.11. The van der Waals surface area contributed by atoms with Crippen molar-refractivity contribution in [1.29, 1.82) is 0 Å². The predicted molar refractivity (Wildman–Crippen MR) is 133 cm³/mol. The molecule has 3 aromatic heterocycles. The van der Waals surface area contributed by atoms with Crippen LogP contribution in [0.4, 0.5) is 11.8 Å². The summed E-state index contributed by atoms with van der Waals surface area (Å²) in [5.41, 5.74) is 4.09. The Labute approximate surface area is 204 Å². The number of hydrogen-bond donors (Lipinski definition) is 1. The quantitative estimate of drug-likeness (QED) is 0.301. The van der Waals surface area contributed by atoms with Gasteiger partial charge in [-0.05, 0) is 38.1 Å². The first-order valence-electron chi connectivity index (χ1n) is 10.5. The summed E-state index contributed by atoms with van der Waals surface area (Å²) < 4.78 is 6.94. The summed E-state index contributed by atoms with van der Waals surface area (Å²) in [6.07, 6.45) is 1.44. The van der Waals surface area contributed by atoms with Crippen molar-refractivity contribution in [3.63, 3.8) is 0 Å². The molecule has 34 heavy (non-hydrogen) atoms. The minimum Gasteiger partial charge on any atom is -0.462 e. The van der Waals surface area contributed by atoms with E-state index in [1.807, 2.05) is 36.6 Å². The van der Waals surface area contributed by atoms with Crippen molar-refractivity contribution in [2.24, 2.45) is 0 Å². The van der Waals surface area contributed by atoms with Gasteiger partial charge in [0.2, 0.25) is 10.9 Å². The van der Waals surface area contributed by atoms with Crippen LogP contribution >= 0.6 is 22.9 Å². The van der Waals surface area contributed by atoms with Gasteiger partial charge in [-0.3, -0.25) is 0 Å². The van der Waals surface area contributed by atoms with Crippen LogP contribution in [0.5, 0.6) is 0 Å². The number of thiazole rings is 1. The van der Waals surface area contributed by atoms with Gasteiger partial charge in [0.05, 0.1) is 12.3 Å². The zero-order valence-electron chi connectivity index (χ0n) is 18.3. The van der Waals surface area contributed by atoms with E-state index in [0.29, 0.717) is 21.8 Å². The molecule has 3 heterocycles. The second-order valence-electron chi connectivity index (χ2n) is 7.43. The highest BCUT2D eigenvalue weighted by molar-refractivity contribution is 7.15. The van der Waals surface area contributed by atoms with Gasteiger partial charge in [-0.1, -0.05) is 41.4 Å². The van der Waals surface area contributed by atoms with Crippen LogP contribution in [0.2, 0.25) is 5.02 Å². The summed E-state index contributed by atoms with van der Waals surface area (Å²) in [6.45, 7) is 4.02. The van der Waals surface area contributed by atoms with E-state index in [-0.39, 0.29) is 18.0 Å². The van der Waals surface area contributed by atoms with Crippen molar-refractivity contribution >= 4 is 45.6 Å². The lowest BCUT2D eigenvalue weighted by atomic mass is 10.1. The van der Waals surface area contributed by atoms with Crippen LogP contribution in [-0.2, 0) is 4.74 Å². The Balaban J connectivity index is 1.53. The van der Waals surface area contributed by atoms with Crippen LogP contribution in [0.3, 0.4) is 0 Å². The van der Waals surface area contributed by atoms with Crippen LogP contribution in [0.15, 0.2) is 60.1 Å². The Kier molecular flexibility index (Phi) is 5.95. The first kappa shape index (κ1) is 22.0. The summed E-state index contributed by atoms with van der Waals surface area (Å²) in [5.74, 6) is 0.461. The van der Waals surface area contributed by atoms with Crippen LogP contribution in [0.1, 0.15) is 22.8 Å². The van der Waals surface area contributed by atoms with Crippen LogP contribution in [-0.4, -0.2) is 37.1 Å². The van der Waals surface area contributed by atoms with Crippen LogP contribution in [0, 0.1) is 6.92 Å². The molecule has 0 fully saturated rings. The number of aromatic nitrogens is 5. The summed E-state index contributed by atoms with van der Waals surface area (Å²) in [7, 11) is 0. The molecule has 0 aliphatic carbocycles. The molecular formula is C24H19ClN6O2S. The van der Waals surface area contributed by atoms with E-state index < -0.39 is 5.97 Å². The van der Waals surface area contributed by atoms with Crippen molar-refractivity contribution < 1.29 is 9.53 Å². The largest absolute Gasteiger partial charge is 0.462 e. The van der Waals surface area contributed by atoms with Gasteiger partial charge in [-0.2, -0.15) is 4.98 Å². The predicted octanol–water partition coefficient (Wildman–Crippen LogP) is 5.80. The van der Waals surface area contributed by atoms with Crippen molar-refractivity contribution in [2.75, 3.05) is 11.9 Å². The highest BCUT2D eigenvalue weighted by Crippen LogP contribution is 2.28. The first-order chi connectivity index (χ1) is 16.5. The third-order valence-electron chi connectivity index (χ3n) is 5.05. The maximum absolute atomic E-state index is 12.5. The number of nitrogens with one attached hydrogen (secondary N) is 1. The highest BCUT2D eigenvalue weighted by atomic mass is 35.5. The van der Waals surface area contributed by atoms with E-state index in [1.54, 1.807) is 23.6 Å². The lowest BCUT2D eigenvalue weighted by Crippen LogP contribution is -2.11. The molecule has 0 atom stereocenters. The number of halogens is 1. The number of esters is 1. The molecule has 0 radical (unpaired) electrons. The summed E-state index contributed by atoms with van der Waals surface area (Å²) in [4.78, 5) is 26.7. The molecule has 5 rings (SSSR count). The van der Waals surface area contributed by atoms with Gasteiger partial charge in [0, 0.05) is 27.7 Å².